The fourth-order valence-corrected chi connectivity index (χ4v) is 16.1. The molecule has 0 bridgehead atoms. The van der Waals surface area contributed by atoms with Gasteiger partial charge < -0.3 is 129 Å². The van der Waals surface area contributed by atoms with E-state index in [0.717, 1.165) is 118 Å². The molecular formula is C108H160ClN17O23. The number of aryl methyl sites for hydroxylation is 3. The summed E-state index contributed by atoms with van der Waals surface area (Å²) in [6.45, 7) is 42.9. The van der Waals surface area contributed by atoms with Gasteiger partial charge in [-0.25, -0.2) is 33.6 Å². The van der Waals surface area contributed by atoms with Gasteiger partial charge >= 0.3 is 54.3 Å². The summed E-state index contributed by atoms with van der Waals surface area (Å²) >= 11 is 0. The zero-order chi connectivity index (χ0) is 110. The Labute approximate surface area is 884 Å². The number of esters is 2. The first-order valence-electron chi connectivity index (χ1n) is 49.4. The SMILES string of the molecule is CCCN1C(=O)N(Cc2ccc(OC)cc2OC)C[C@@H]1C(C)C.COC(=O)[C@@H](N)C(C)C.COC(=O)[C@@H](NC(=O)NCc1ccc(OC)cc1C)C(C)C.COc1ccc(CN2C[C@H](C(C)C)N(CC(=O)Nc3ccc(C)nc3)C2=O)c(OC)c1.COc1ccc(CN2C[C@H](C(C)C)NC2=O)c(OC)c1.COc1ccc(CN2C[C@H](C(C)C)NC2=O)c(OC)c1.Cc1ccc(NC(=O)CN2C(=O)NC[C@@H]2C(C)C)cn1.Cl.O=C=O. The van der Waals surface area contributed by atoms with Gasteiger partial charge in [0, 0.05) is 104 Å². The maximum absolute atomic E-state index is 13.2. The highest BCUT2D eigenvalue weighted by molar-refractivity contribution is 5.96. The lowest BCUT2D eigenvalue weighted by molar-refractivity contribution is -0.191. The average Bonchev–Trinajstić information content (AvgIpc) is 1.65. The monoisotopic (exact) mass is 2100 g/mol. The van der Waals surface area contributed by atoms with Crippen LogP contribution in [-0.2, 0) is 71.0 Å². The van der Waals surface area contributed by atoms with Crippen molar-refractivity contribution in [2.75, 3.05) is 141 Å². The molecule has 5 saturated heterocycles. The highest BCUT2D eigenvalue weighted by Gasteiger charge is 2.42. The predicted octanol–water partition coefficient (Wildman–Crippen LogP) is 14.6. The number of methoxy groups -OCH3 is 11. The van der Waals surface area contributed by atoms with Crippen molar-refractivity contribution < 1.29 is 110 Å². The van der Waals surface area contributed by atoms with Crippen LogP contribution in [0.1, 0.15) is 155 Å². The number of benzene rings is 5. The van der Waals surface area contributed by atoms with E-state index < -0.39 is 24.1 Å². The number of amides is 14. The van der Waals surface area contributed by atoms with Crippen LogP contribution in [0.4, 0.5) is 40.1 Å². The maximum atomic E-state index is 13.2. The summed E-state index contributed by atoms with van der Waals surface area (Å²) in [5, 5.41) is 19.7. The molecule has 41 heteroatoms. The molecule has 0 spiro atoms. The molecule has 14 amide bonds. The molecule has 0 radical (unpaired) electrons. The van der Waals surface area contributed by atoms with Crippen LogP contribution in [0.15, 0.2) is 128 Å². The molecule has 7 atom stereocenters. The van der Waals surface area contributed by atoms with Gasteiger partial charge in [-0.3, -0.25) is 24.4 Å². The highest BCUT2D eigenvalue weighted by Crippen LogP contribution is 2.35. The van der Waals surface area contributed by atoms with Crippen LogP contribution in [0, 0.1) is 62.2 Å². The number of nitrogens with zero attached hydrogens (tertiary/aromatic N) is 9. The molecule has 0 aliphatic carbocycles. The number of hydrogen-bond acceptors (Lipinski definition) is 26. The molecule has 5 fully saturated rings. The zero-order valence-corrected chi connectivity index (χ0v) is 92.8. The molecule has 7 heterocycles. The summed E-state index contributed by atoms with van der Waals surface area (Å²) < 4.78 is 56.7. The normalized spacial score (nSPS) is 16.1. The Hall–Kier alpha value is -14.3. The molecule has 149 heavy (non-hydrogen) atoms. The number of carbonyl (C=O) groups excluding carboxylic acids is 12. The maximum Gasteiger partial charge on any atom is 0.373 e. The number of ether oxygens (including phenoxy) is 11. The molecule has 40 nitrogen and oxygen atoms in total. The Balaban J connectivity index is 0.000000366. The van der Waals surface area contributed by atoms with Crippen LogP contribution in [0.3, 0.4) is 0 Å². The summed E-state index contributed by atoms with van der Waals surface area (Å²) in [6.07, 6.45) is 4.45. The number of nitrogens with two attached hydrogens (primary N) is 1. The Morgan fingerprint density at radius 1 is 0.423 bits per heavy atom. The number of urea groups is 6. The molecule has 9 N–H and O–H groups in total. The second-order valence-corrected chi connectivity index (χ2v) is 38.2. The fourth-order valence-electron chi connectivity index (χ4n) is 16.1. The van der Waals surface area contributed by atoms with Crippen LogP contribution in [-0.4, -0.2) is 283 Å². The van der Waals surface area contributed by atoms with Crippen LogP contribution in [0.2, 0.25) is 0 Å². The summed E-state index contributed by atoms with van der Waals surface area (Å²) in [5.74, 6) is 7.30. The first-order chi connectivity index (χ1) is 70.3. The van der Waals surface area contributed by atoms with E-state index in [2.05, 4.69) is 119 Å². The van der Waals surface area contributed by atoms with E-state index in [4.69, 9.17) is 58.0 Å². The summed E-state index contributed by atoms with van der Waals surface area (Å²) in [6, 6.07) is 34.4. The standard InChI is InChI=1S/C23H30N4O4.C18H28N2O3.C16H24N2O4.2C15H22N2O3.C14H20N4O2.C6H13NO2.CO2.ClH/c1-15(2)20-13-26(12-17-7-9-19(30-4)10-21(17)31-5)23(29)27(20)14-22(28)25-18-8-6-16(3)24-11-18;1-6-9-20-16(13(2)3)12-19(18(20)21)11-14-7-8-15(22-4)10-17(14)23-5;1-10(2)14(15(19)22-5)18-16(20)17-9-12-6-7-13(21-4)8-11(12)3;2*1-10(2)13-9-17(15(18)16-13)8-11-5-6-12(19-3)7-14(11)20-4;1-9(2)12-7-16-14(20)18(12)8-13(19)17-11-5-4-10(3)15-6-11;1-4(2)5(7)6(8)9-3;2-1-3;/h6-11,15,20H,12-14H2,1-5H3,(H,25,28);7-8,10,13,16H,6,9,11-12H2,1-5H3;6-8,10,14H,9H2,1-5H3,(H2,17,18,20);2*5-7,10,13H,8-9H2,1-4H3,(H,16,18);4-6,9,12H,7-8H2,1-3H3,(H,16,20)(H,17,19);4-5H,7H2,1-3H3;;1H/t20-;16-;14-;2*13-;12-;5-;;/m1101110../s1. The number of anilines is 2. The van der Waals surface area contributed by atoms with E-state index in [1.165, 1.54) is 14.2 Å². The Bertz CT molecular complexity index is 5350. The van der Waals surface area contributed by atoms with Crippen molar-refractivity contribution in [3.05, 3.63) is 172 Å². The topological polar surface area (TPSA) is 465 Å². The van der Waals surface area contributed by atoms with E-state index >= 15 is 0 Å². The predicted molar refractivity (Wildman–Crippen MR) is 571 cm³/mol. The second-order valence-electron chi connectivity index (χ2n) is 38.2. The molecule has 0 unspecified atom stereocenters. The van der Waals surface area contributed by atoms with E-state index in [9.17, 15) is 47.9 Å². The third-order valence-electron chi connectivity index (χ3n) is 25.2. The number of pyridine rings is 2. The molecule has 0 saturated carbocycles. The van der Waals surface area contributed by atoms with Crippen LogP contribution >= 0.6 is 12.4 Å². The van der Waals surface area contributed by atoms with Crippen LogP contribution < -0.4 is 85.6 Å². The summed E-state index contributed by atoms with van der Waals surface area (Å²) in [4.78, 5) is 157. The third-order valence-corrected chi connectivity index (χ3v) is 25.2. The average molecular weight is 2100 g/mol. The lowest BCUT2D eigenvalue weighted by Crippen LogP contribution is -2.48. The lowest BCUT2D eigenvalue weighted by atomic mass is 10.0. The third kappa shape index (κ3) is 39.7. The summed E-state index contributed by atoms with van der Waals surface area (Å²) in [7, 11) is 17.2. The van der Waals surface area contributed by atoms with E-state index in [-0.39, 0.29) is 128 Å². The zero-order valence-electron chi connectivity index (χ0n) is 92.0. The number of hydrogen-bond donors (Lipinski definition) is 8. The Morgan fingerprint density at radius 2 is 0.772 bits per heavy atom. The van der Waals surface area contributed by atoms with Crippen LogP contribution in [0.25, 0.3) is 0 Å². The van der Waals surface area contributed by atoms with E-state index in [1.807, 2.05) is 179 Å². The van der Waals surface area contributed by atoms with Crippen molar-refractivity contribution in [2.45, 2.75) is 206 Å². The number of aromatic nitrogens is 2. The molecular weight excluding hydrogens is 1940 g/mol. The van der Waals surface area contributed by atoms with Gasteiger partial charge in [0.25, 0.3) is 0 Å². The van der Waals surface area contributed by atoms with Crippen molar-refractivity contribution in [3.8, 4) is 51.7 Å². The molecule has 5 aromatic carbocycles. The minimum absolute atomic E-state index is 0. The van der Waals surface area contributed by atoms with E-state index in [1.54, 1.807) is 109 Å². The minimum atomic E-state index is -0.665. The van der Waals surface area contributed by atoms with Gasteiger partial charge in [0.05, 0.1) is 158 Å². The second kappa shape index (κ2) is 64.1. The Kier molecular flexibility index (Phi) is 54.6. The largest absolute Gasteiger partial charge is 0.497 e. The van der Waals surface area contributed by atoms with Gasteiger partial charge in [0.15, 0.2) is 0 Å². The van der Waals surface area contributed by atoms with Crippen molar-refractivity contribution in [1.29, 1.82) is 0 Å². The summed E-state index contributed by atoms with van der Waals surface area (Å²) in [5.41, 5.74) is 14.3. The number of rotatable bonds is 37. The van der Waals surface area contributed by atoms with Gasteiger partial charge in [-0.05, 0) is 165 Å². The first-order valence-corrected chi connectivity index (χ1v) is 49.4. The number of carbonyl (C=O) groups is 10. The Morgan fingerprint density at radius 3 is 1.07 bits per heavy atom. The number of halogens is 1. The van der Waals surface area contributed by atoms with Gasteiger partial charge in [-0.1, -0.05) is 110 Å². The first kappa shape index (κ1) is 127. The van der Waals surface area contributed by atoms with Crippen molar-refractivity contribution in [1.82, 2.24) is 70.9 Å². The van der Waals surface area contributed by atoms with Crippen molar-refractivity contribution in [3.63, 3.8) is 0 Å². The lowest BCUT2D eigenvalue weighted by Gasteiger charge is -2.25. The van der Waals surface area contributed by atoms with Crippen molar-refractivity contribution in [2.24, 2.45) is 47.2 Å². The molecule has 2 aromatic heterocycles. The molecule has 5 aliphatic heterocycles. The van der Waals surface area contributed by atoms with Gasteiger partial charge in [-0.2, -0.15) is 9.59 Å². The quantitative estimate of drug-likeness (QED) is 0.0168. The van der Waals surface area contributed by atoms with Crippen LogP contribution in [0.5, 0.6) is 51.7 Å². The molecule has 12 rings (SSSR count). The minimum Gasteiger partial charge on any atom is -0.497 e. The smallest absolute Gasteiger partial charge is 0.373 e. The van der Waals surface area contributed by atoms with Gasteiger partial charge in [0.2, 0.25) is 11.8 Å². The number of nitrogens with one attached hydrogen (secondary N) is 7. The van der Waals surface area contributed by atoms with Gasteiger partial charge in [0.1, 0.15) is 76.9 Å². The van der Waals surface area contributed by atoms with Crippen molar-refractivity contribution >= 4 is 89.9 Å². The van der Waals surface area contributed by atoms with Gasteiger partial charge in [-0.15, -0.1) is 12.4 Å². The fraction of sp³-hybridized carbons (Fsp3) is 0.528. The highest BCUT2D eigenvalue weighted by atomic mass is 35.5. The molecule has 7 aromatic rings. The molecule has 822 valence electrons. The molecule has 5 aliphatic rings. The van der Waals surface area contributed by atoms with E-state index in [0.29, 0.717) is 92.4 Å².